The van der Waals surface area contributed by atoms with Crippen LogP contribution in [0.2, 0.25) is 0 Å². The Bertz CT molecular complexity index is 405. The van der Waals surface area contributed by atoms with Gasteiger partial charge in [-0.05, 0) is 60.9 Å². The molecule has 1 aromatic heterocycles. The van der Waals surface area contributed by atoms with Crippen LogP contribution in [0.5, 0.6) is 0 Å². The molecule has 0 aromatic carbocycles. The van der Waals surface area contributed by atoms with Crippen LogP contribution in [-0.4, -0.2) is 15.8 Å². The molecule has 17 heavy (non-hydrogen) atoms. The maximum absolute atomic E-state index is 6.12. The van der Waals surface area contributed by atoms with Crippen molar-refractivity contribution in [2.24, 2.45) is 11.1 Å². The highest BCUT2D eigenvalue weighted by Crippen LogP contribution is 2.51. The van der Waals surface area contributed by atoms with Gasteiger partial charge in [0.05, 0.1) is 15.9 Å². The Hall–Kier alpha value is -0.350. The van der Waals surface area contributed by atoms with Gasteiger partial charge in [0.15, 0.2) is 0 Å². The van der Waals surface area contributed by atoms with E-state index in [4.69, 9.17) is 5.73 Å². The van der Waals surface area contributed by atoms with Gasteiger partial charge < -0.3 is 5.73 Å². The monoisotopic (exact) mass is 299 g/mol. The zero-order chi connectivity index (χ0) is 12.6. The number of nitrogens with two attached hydrogens (primary N) is 1. The van der Waals surface area contributed by atoms with Crippen molar-refractivity contribution in [2.45, 2.75) is 59.0 Å². The van der Waals surface area contributed by atoms with E-state index >= 15 is 0 Å². The topological polar surface area (TPSA) is 43.8 Å². The third-order valence-electron chi connectivity index (χ3n) is 4.07. The van der Waals surface area contributed by atoms with Crippen molar-refractivity contribution in [2.75, 3.05) is 0 Å². The van der Waals surface area contributed by atoms with Crippen LogP contribution in [0.15, 0.2) is 4.47 Å². The highest BCUT2D eigenvalue weighted by molar-refractivity contribution is 9.10. The summed E-state index contributed by atoms with van der Waals surface area (Å²) in [6, 6.07) is 0.277. The molecule has 1 aliphatic rings. The van der Waals surface area contributed by atoms with Crippen LogP contribution in [-0.2, 0) is 19.4 Å². The van der Waals surface area contributed by atoms with Crippen molar-refractivity contribution in [3.05, 3.63) is 15.9 Å². The van der Waals surface area contributed by atoms with Gasteiger partial charge in [-0.1, -0.05) is 6.92 Å². The van der Waals surface area contributed by atoms with E-state index in [1.807, 2.05) is 0 Å². The lowest BCUT2D eigenvalue weighted by Gasteiger charge is -2.20. The number of aryl methyl sites for hydroxylation is 2. The van der Waals surface area contributed by atoms with Gasteiger partial charge >= 0.3 is 0 Å². The minimum atomic E-state index is 0.277. The second-order valence-electron chi connectivity index (χ2n) is 5.20. The van der Waals surface area contributed by atoms with Crippen LogP contribution in [0.1, 0.15) is 45.0 Å². The van der Waals surface area contributed by atoms with E-state index in [0.29, 0.717) is 5.41 Å². The number of hydrogen-bond acceptors (Lipinski definition) is 2. The maximum atomic E-state index is 6.12. The number of nitrogens with zero attached hydrogens (tertiary/aromatic N) is 2. The van der Waals surface area contributed by atoms with E-state index in [-0.39, 0.29) is 6.04 Å². The quantitative estimate of drug-likeness (QED) is 0.908. The predicted molar refractivity (Wildman–Crippen MR) is 74.0 cm³/mol. The molecule has 0 saturated heterocycles. The van der Waals surface area contributed by atoms with Crippen LogP contribution >= 0.6 is 15.9 Å². The molecule has 2 N–H and O–H groups in total. The zero-order valence-electron chi connectivity index (χ0n) is 11.0. The Balaban J connectivity index is 2.29. The van der Waals surface area contributed by atoms with Gasteiger partial charge in [0, 0.05) is 12.6 Å². The SMILES string of the molecule is CCc1nn(CC)c(CC2(C(C)N)CC2)c1Br. The van der Waals surface area contributed by atoms with Crippen LogP contribution in [0.3, 0.4) is 0 Å². The van der Waals surface area contributed by atoms with Gasteiger partial charge in [0.1, 0.15) is 0 Å². The normalized spacial score (nSPS) is 19.4. The number of rotatable bonds is 5. The predicted octanol–water partition coefficient (Wildman–Crippen LogP) is 2.90. The molecule has 1 atom stereocenters. The molecule has 0 radical (unpaired) electrons. The van der Waals surface area contributed by atoms with Gasteiger partial charge in [-0.2, -0.15) is 5.10 Å². The van der Waals surface area contributed by atoms with E-state index < -0.39 is 0 Å². The standard InChI is InChI=1S/C13H22BrN3/c1-4-10-12(14)11(17(5-2)16-10)8-13(6-7-13)9(3)15/h9H,4-8,15H2,1-3H3. The Morgan fingerprint density at radius 1 is 1.47 bits per heavy atom. The lowest BCUT2D eigenvalue weighted by atomic mass is 9.92. The number of hydrogen-bond donors (Lipinski definition) is 1. The molecule has 2 rings (SSSR count). The summed E-state index contributed by atoms with van der Waals surface area (Å²) in [5, 5.41) is 4.65. The summed E-state index contributed by atoms with van der Waals surface area (Å²) in [6.45, 7) is 7.36. The smallest absolute Gasteiger partial charge is 0.0766 e. The Morgan fingerprint density at radius 2 is 2.12 bits per heavy atom. The third-order valence-corrected chi connectivity index (χ3v) is 4.99. The second kappa shape index (κ2) is 4.73. The van der Waals surface area contributed by atoms with Gasteiger partial charge in [0.2, 0.25) is 0 Å². The Morgan fingerprint density at radius 3 is 2.53 bits per heavy atom. The summed E-state index contributed by atoms with van der Waals surface area (Å²) in [6.07, 6.45) is 4.55. The van der Waals surface area contributed by atoms with Gasteiger partial charge in [0.25, 0.3) is 0 Å². The molecule has 1 unspecified atom stereocenters. The molecule has 1 aliphatic carbocycles. The summed E-state index contributed by atoms with van der Waals surface area (Å²) in [7, 11) is 0. The lowest BCUT2D eigenvalue weighted by molar-refractivity contribution is 0.402. The molecule has 96 valence electrons. The van der Waals surface area contributed by atoms with E-state index in [2.05, 4.69) is 46.5 Å². The van der Waals surface area contributed by atoms with Gasteiger partial charge in [-0.3, -0.25) is 4.68 Å². The first-order chi connectivity index (χ1) is 8.04. The second-order valence-corrected chi connectivity index (χ2v) is 6.00. The highest BCUT2D eigenvalue weighted by Gasteiger charge is 2.46. The number of halogens is 1. The Labute approximate surface area is 112 Å². The Kier molecular flexibility index (Phi) is 3.64. The first kappa shape index (κ1) is 13.1. The largest absolute Gasteiger partial charge is 0.327 e. The minimum Gasteiger partial charge on any atom is -0.327 e. The van der Waals surface area contributed by atoms with Crippen LogP contribution in [0, 0.1) is 5.41 Å². The van der Waals surface area contributed by atoms with Crippen LogP contribution in [0.25, 0.3) is 0 Å². The molecule has 0 aliphatic heterocycles. The molecular formula is C13H22BrN3. The van der Waals surface area contributed by atoms with Gasteiger partial charge in [-0.15, -0.1) is 0 Å². The van der Waals surface area contributed by atoms with Crippen molar-refractivity contribution in [1.29, 1.82) is 0 Å². The summed E-state index contributed by atoms with van der Waals surface area (Å²) in [5.74, 6) is 0. The van der Waals surface area contributed by atoms with Gasteiger partial charge in [-0.25, -0.2) is 0 Å². The molecule has 1 saturated carbocycles. The first-order valence-electron chi connectivity index (χ1n) is 6.53. The average molecular weight is 300 g/mol. The third kappa shape index (κ3) is 2.29. The van der Waals surface area contributed by atoms with Crippen LogP contribution < -0.4 is 5.73 Å². The van der Waals surface area contributed by atoms with E-state index in [1.165, 1.54) is 28.7 Å². The summed E-state index contributed by atoms with van der Waals surface area (Å²) < 4.78 is 3.33. The fraction of sp³-hybridized carbons (Fsp3) is 0.769. The summed E-state index contributed by atoms with van der Waals surface area (Å²) in [5.41, 5.74) is 8.95. The molecule has 0 bridgehead atoms. The van der Waals surface area contributed by atoms with Crippen molar-refractivity contribution < 1.29 is 0 Å². The van der Waals surface area contributed by atoms with E-state index in [1.54, 1.807) is 0 Å². The highest BCUT2D eigenvalue weighted by atomic mass is 79.9. The van der Waals surface area contributed by atoms with Crippen molar-refractivity contribution in [3.8, 4) is 0 Å². The first-order valence-corrected chi connectivity index (χ1v) is 7.33. The molecule has 3 nitrogen and oxygen atoms in total. The maximum Gasteiger partial charge on any atom is 0.0766 e. The van der Waals surface area contributed by atoms with Crippen LogP contribution in [0.4, 0.5) is 0 Å². The van der Waals surface area contributed by atoms with E-state index in [9.17, 15) is 0 Å². The van der Waals surface area contributed by atoms with E-state index in [0.717, 1.165) is 19.4 Å². The van der Waals surface area contributed by atoms with Crippen molar-refractivity contribution in [3.63, 3.8) is 0 Å². The molecule has 1 fully saturated rings. The fourth-order valence-electron chi connectivity index (χ4n) is 2.47. The summed E-state index contributed by atoms with van der Waals surface area (Å²) in [4.78, 5) is 0. The molecule has 1 aromatic rings. The van der Waals surface area contributed by atoms with Crippen molar-refractivity contribution in [1.82, 2.24) is 9.78 Å². The summed E-state index contributed by atoms with van der Waals surface area (Å²) >= 11 is 3.71. The zero-order valence-corrected chi connectivity index (χ0v) is 12.5. The fourth-order valence-corrected chi connectivity index (χ4v) is 3.18. The van der Waals surface area contributed by atoms with Crippen molar-refractivity contribution >= 4 is 15.9 Å². The minimum absolute atomic E-state index is 0.277. The lowest BCUT2D eigenvalue weighted by Crippen LogP contribution is -2.30. The molecule has 1 heterocycles. The molecular weight excluding hydrogens is 278 g/mol. The number of aromatic nitrogens is 2. The molecule has 4 heteroatoms. The average Bonchev–Trinajstić information content (AvgIpc) is 3.02. The molecule has 0 spiro atoms. The molecule has 0 amide bonds.